The van der Waals surface area contributed by atoms with Crippen molar-refractivity contribution in [3.05, 3.63) is 24.5 Å². The molecule has 4 rings (SSSR count). The molecule has 8 nitrogen and oxygen atoms in total. The molecule has 2 aromatic rings. The Labute approximate surface area is 153 Å². The molecule has 2 fully saturated rings. The number of aromatic nitrogens is 4. The molecule has 0 spiro atoms. The summed E-state index contributed by atoms with van der Waals surface area (Å²) in [7, 11) is 5.63. The summed E-state index contributed by atoms with van der Waals surface area (Å²) in [5.41, 5.74) is 0. The van der Waals surface area contributed by atoms with E-state index in [1.54, 1.807) is 19.4 Å². The van der Waals surface area contributed by atoms with Gasteiger partial charge in [0, 0.05) is 52.2 Å². The maximum atomic E-state index is 5.25. The number of hydrogen-bond acceptors (Lipinski definition) is 8. The predicted molar refractivity (Wildman–Crippen MR) is 101 cm³/mol. The monoisotopic (exact) mass is 355 g/mol. The summed E-state index contributed by atoms with van der Waals surface area (Å²) >= 11 is 0. The molecule has 2 saturated heterocycles. The zero-order valence-corrected chi connectivity index (χ0v) is 15.5. The molecule has 0 aliphatic carbocycles. The lowest BCUT2D eigenvalue weighted by molar-refractivity contribution is 0.379. The summed E-state index contributed by atoms with van der Waals surface area (Å²) in [4.78, 5) is 24.8. The van der Waals surface area contributed by atoms with Crippen LogP contribution in [0, 0.1) is 5.92 Å². The summed E-state index contributed by atoms with van der Waals surface area (Å²) < 4.78 is 5.25. The molecule has 2 atom stereocenters. The van der Waals surface area contributed by atoms with Gasteiger partial charge in [0.05, 0.1) is 13.2 Å². The average molecular weight is 355 g/mol. The highest BCUT2D eigenvalue weighted by Gasteiger charge is 2.40. The zero-order chi connectivity index (χ0) is 18.1. The Hall–Kier alpha value is -2.64. The van der Waals surface area contributed by atoms with Gasteiger partial charge in [0.2, 0.25) is 17.8 Å². The van der Waals surface area contributed by atoms with Crippen LogP contribution in [0.5, 0.6) is 5.88 Å². The maximum Gasteiger partial charge on any atom is 0.228 e. The second kappa shape index (κ2) is 6.93. The van der Waals surface area contributed by atoms with Crippen molar-refractivity contribution in [1.82, 2.24) is 19.9 Å². The molecule has 2 aliphatic rings. The normalized spacial score (nSPS) is 22.3. The number of piperidine rings is 1. The number of rotatable bonds is 4. The Bertz CT molecular complexity index is 769. The lowest BCUT2D eigenvalue weighted by atomic mass is 9.92. The van der Waals surface area contributed by atoms with Crippen molar-refractivity contribution in [2.45, 2.75) is 18.9 Å². The third-order valence-electron chi connectivity index (χ3n) is 5.32. The third kappa shape index (κ3) is 3.11. The molecule has 0 bridgehead atoms. The van der Waals surface area contributed by atoms with Crippen molar-refractivity contribution >= 4 is 17.7 Å². The smallest absolute Gasteiger partial charge is 0.228 e. The van der Waals surface area contributed by atoms with Gasteiger partial charge in [-0.2, -0.15) is 9.97 Å². The lowest BCUT2D eigenvalue weighted by Crippen LogP contribution is -2.49. The van der Waals surface area contributed by atoms with E-state index in [1.165, 1.54) is 6.42 Å². The van der Waals surface area contributed by atoms with Gasteiger partial charge < -0.3 is 19.4 Å². The van der Waals surface area contributed by atoms with Crippen LogP contribution in [-0.2, 0) is 0 Å². The Morgan fingerprint density at radius 2 is 1.81 bits per heavy atom. The minimum Gasteiger partial charge on any atom is -0.481 e. The number of nitrogens with zero attached hydrogens (tertiary/aromatic N) is 7. The summed E-state index contributed by atoms with van der Waals surface area (Å²) in [6.07, 6.45) is 5.92. The van der Waals surface area contributed by atoms with E-state index in [9.17, 15) is 0 Å². The van der Waals surface area contributed by atoms with E-state index in [0.29, 0.717) is 17.8 Å². The standard InChI is InChI=1S/C18H25N7O/c1-23(2)15-4-8-20-18(21-15)25-11-7-13-6-10-24(12-14(13)25)17-19-9-5-16(22-17)26-3/h4-5,8-9,13-14H,6-7,10-12H2,1-3H3. The molecule has 0 N–H and O–H groups in total. The summed E-state index contributed by atoms with van der Waals surface area (Å²) in [5, 5.41) is 0. The van der Waals surface area contributed by atoms with Gasteiger partial charge in [-0.3, -0.25) is 0 Å². The van der Waals surface area contributed by atoms with Gasteiger partial charge in [-0.15, -0.1) is 0 Å². The van der Waals surface area contributed by atoms with Gasteiger partial charge in [0.1, 0.15) is 5.82 Å². The molecule has 2 aliphatic heterocycles. The fourth-order valence-electron chi connectivity index (χ4n) is 3.90. The predicted octanol–water partition coefficient (Wildman–Crippen LogP) is 1.45. The molecule has 8 heteroatoms. The number of methoxy groups -OCH3 is 1. The van der Waals surface area contributed by atoms with Crippen molar-refractivity contribution < 1.29 is 4.74 Å². The van der Waals surface area contributed by atoms with E-state index in [4.69, 9.17) is 9.72 Å². The Morgan fingerprint density at radius 1 is 1.04 bits per heavy atom. The fourth-order valence-corrected chi connectivity index (χ4v) is 3.90. The lowest BCUT2D eigenvalue weighted by Gasteiger charge is -2.38. The van der Waals surface area contributed by atoms with Crippen LogP contribution in [0.3, 0.4) is 0 Å². The average Bonchev–Trinajstić information content (AvgIpc) is 3.11. The summed E-state index contributed by atoms with van der Waals surface area (Å²) in [6, 6.07) is 4.10. The van der Waals surface area contributed by atoms with Gasteiger partial charge in [0.25, 0.3) is 0 Å². The van der Waals surface area contributed by atoms with Gasteiger partial charge in [-0.05, 0) is 24.8 Å². The van der Waals surface area contributed by atoms with Crippen LogP contribution in [0.1, 0.15) is 12.8 Å². The molecule has 2 unspecified atom stereocenters. The topological polar surface area (TPSA) is 70.5 Å². The van der Waals surface area contributed by atoms with Gasteiger partial charge in [0.15, 0.2) is 0 Å². The molecular weight excluding hydrogens is 330 g/mol. The van der Waals surface area contributed by atoms with E-state index in [-0.39, 0.29) is 0 Å². The largest absolute Gasteiger partial charge is 0.481 e. The molecule has 26 heavy (non-hydrogen) atoms. The molecular formula is C18H25N7O. The molecule has 0 radical (unpaired) electrons. The zero-order valence-electron chi connectivity index (χ0n) is 15.5. The van der Waals surface area contributed by atoms with Crippen LogP contribution in [-0.4, -0.2) is 66.8 Å². The summed E-state index contributed by atoms with van der Waals surface area (Å²) in [5.74, 6) is 3.75. The van der Waals surface area contributed by atoms with Gasteiger partial charge in [-0.25, -0.2) is 9.97 Å². The van der Waals surface area contributed by atoms with Crippen LogP contribution in [0.25, 0.3) is 0 Å². The van der Waals surface area contributed by atoms with Crippen LogP contribution in [0.15, 0.2) is 24.5 Å². The molecule has 4 heterocycles. The van der Waals surface area contributed by atoms with Crippen molar-refractivity contribution in [2.24, 2.45) is 5.92 Å². The minimum atomic E-state index is 0.385. The minimum absolute atomic E-state index is 0.385. The maximum absolute atomic E-state index is 5.25. The van der Waals surface area contributed by atoms with Crippen molar-refractivity contribution in [3.63, 3.8) is 0 Å². The van der Waals surface area contributed by atoms with E-state index >= 15 is 0 Å². The third-order valence-corrected chi connectivity index (χ3v) is 5.32. The Kier molecular flexibility index (Phi) is 4.48. The molecule has 0 saturated carbocycles. The first-order valence-corrected chi connectivity index (χ1v) is 9.04. The highest BCUT2D eigenvalue weighted by molar-refractivity contribution is 5.45. The SMILES string of the molecule is COc1ccnc(N2CCC3CCN(c4nccc(N(C)C)n4)C3C2)n1. The van der Waals surface area contributed by atoms with E-state index in [1.807, 2.05) is 31.3 Å². The highest BCUT2D eigenvalue weighted by atomic mass is 16.5. The van der Waals surface area contributed by atoms with E-state index in [0.717, 1.165) is 43.8 Å². The highest BCUT2D eigenvalue weighted by Crippen LogP contribution is 2.35. The number of anilines is 3. The van der Waals surface area contributed by atoms with Crippen molar-refractivity contribution in [2.75, 3.05) is 55.5 Å². The second-order valence-electron chi connectivity index (χ2n) is 7.05. The first kappa shape index (κ1) is 16.8. The van der Waals surface area contributed by atoms with Gasteiger partial charge in [-0.1, -0.05) is 0 Å². The number of hydrogen-bond donors (Lipinski definition) is 0. The quantitative estimate of drug-likeness (QED) is 0.816. The van der Waals surface area contributed by atoms with Crippen LogP contribution in [0.4, 0.5) is 17.7 Å². The summed E-state index contributed by atoms with van der Waals surface area (Å²) in [6.45, 7) is 2.85. The van der Waals surface area contributed by atoms with Crippen molar-refractivity contribution in [3.8, 4) is 5.88 Å². The van der Waals surface area contributed by atoms with Crippen LogP contribution >= 0.6 is 0 Å². The Balaban J connectivity index is 1.56. The first-order chi connectivity index (χ1) is 12.7. The fraction of sp³-hybridized carbons (Fsp3) is 0.556. The molecule has 0 aromatic carbocycles. The van der Waals surface area contributed by atoms with E-state index in [2.05, 4.69) is 24.8 Å². The first-order valence-electron chi connectivity index (χ1n) is 9.04. The van der Waals surface area contributed by atoms with Crippen molar-refractivity contribution in [1.29, 1.82) is 0 Å². The number of fused-ring (bicyclic) bond motifs is 1. The molecule has 138 valence electrons. The van der Waals surface area contributed by atoms with Crippen LogP contribution < -0.4 is 19.4 Å². The second-order valence-corrected chi connectivity index (χ2v) is 7.05. The molecule has 0 amide bonds. The van der Waals surface area contributed by atoms with Crippen LogP contribution in [0.2, 0.25) is 0 Å². The van der Waals surface area contributed by atoms with Gasteiger partial charge >= 0.3 is 0 Å². The van der Waals surface area contributed by atoms with E-state index < -0.39 is 0 Å². The Morgan fingerprint density at radius 3 is 2.62 bits per heavy atom. The number of ether oxygens (including phenoxy) is 1. The molecule has 2 aromatic heterocycles.